The summed E-state index contributed by atoms with van der Waals surface area (Å²) in [5.74, 6) is 1.02. The van der Waals surface area contributed by atoms with Gasteiger partial charge in [0.1, 0.15) is 0 Å². The van der Waals surface area contributed by atoms with Crippen LogP contribution in [0.2, 0.25) is 0 Å². The molecule has 15 heavy (non-hydrogen) atoms. The summed E-state index contributed by atoms with van der Waals surface area (Å²) >= 11 is 0. The minimum atomic E-state index is 0.357. The van der Waals surface area contributed by atoms with Crippen molar-refractivity contribution >= 4 is 0 Å². The molecule has 2 fully saturated rings. The highest BCUT2D eigenvalue weighted by Crippen LogP contribution is 2.49. The highest BCUT2D eigenvalue weighted by molar-refractivity contribution is 4.97. The van der Waals surface area contributed by atoms with E-state index in [1.54, 1.807) is 0 Å². The van der Waals surface area contributed by atoms with Crippen molar-refractivity contribution in [3.8, 4) is 0 Å². The molecule has 0 heterocycles. The zero-order chi connectivity index (χ0) is 10.6. The van der Waals surface area contributed by atoms with Crippen LogP contribution in [-0.4, -0.2) is 12.2 Å². The monoisotopic (exact) mass is 210 g/mol. The second-order valence-electron chi connectivity index (χ2n) is 5.59. The largest absolute Gasteiger partial charge is 0.375 e. The van der Waals surface area contributed by atoms with Crippen molar-refractivity contribution < 1.29 is 4.74 Å². The lowest BCUT2D eigenvalue weighted by molar-refractivity contribution is -0.0387. The van der Waals surface area contributed by atoms with Crippen LogP contribution in [-0.2, 0) is 4.74 Å². The van der Waals surface area contributed by atoms with Crippen LogP contribution >= 0.6 is 0 Å². The molecule has 0 aromatic heterocycles. The lowest BCUT2D eigenvalue weighted by Gasteiger charge is -2.27. The van der Waals surface area contributed by atoms with Crippen molar-refractivity contribution in [3.63, 3.8) is 0 Å². The quantitative estimate of drug-likeness (QED) is 0.569. The lowest BCUT2D eigenvalue weighted by atomic mass is 9.97. The van der Waals surface area contributed by atoms with Gasteiger partial charge in [-0.1, -0.05) is 32.6 Å². The summed E-state index contributed by atoms with van der Waals surface area (Å²) in [4.78, 5) is 0. The van der Waals surface area contributed by atoms with Gasteiger partial charge in [-0.3, -0.25) is 0 Å². The fraction of sp³-hybridized carbons (Fsp3) is 1.00. The third kappa shape index (κ3) is 2.96. The van der Waals surface area contributed by atoms with E-state index in [0.717, 1.165) is 12.5 Å². The number of hydrogen-bond acceptors (Lipinski definition) is 1. The number of unbranched alkanes of at least 4 members (excludes halogenated alkanes) is 4. The van der Waals surface area contributed by atoms with Gasteiger partial charge in [0.2, 0.25) is 0 Å². The molecule has 2 rings (SSSR count). The van der Waals surface area contributed by atoms with E-state index in [2.05, 4.69) is 6.92 Å². The molecule has 0 aliphatic heterocycles. The molecule has 2 aliphatic rings. The first-order valence-corrected chi connectivity index (χ1v) is 6.99. The molecule has 2 saturated carbocycles. The standard InChI is InChI=1S/C14H26O/c1-2-3-4-5-6-11-15-14-9-7-13(12-14)8-10-14/h13H,2-12H2,1H3. The molecule has 0 aromatic rings. The summed E-state index contributed by atoms with van der Waals surface area (Å²) in [6, 6.07) is 0. The normalized spacial score (nSPS) is 33.8. The molecule has 0 radical (unpaired) electrons. The smallest absolute Gasteiger partial charge is 0.0685 e. The Labute approximate surface area is 94.6 Å². The SMILES string of the molecule is CCCCCCCOC12CCC(CC1)C2. The molecular weight excluding hydrogens is 184 g/mol. The molecule has 0 unspecified atom stereocenters. The summed E-state index contributed by atoms with van der Waals surface area (Å²) in [7, 11) is 0. The summed E-state index contributed by atoms with van der Waals surface area (Å²) in [6.07, 6.45) is 13.8. The molecule has 1 heteroatoms. The van der Waals surface area contributed by atoms with E-state index in [0.29, 0.717) is 5.60 Å². The first-order chi connectivity index (χ1) is 7.35. The molecule has 2 bridgehead atoms. The number of rotatable bonds is 7. The first-order valence-electron chi connectivity index (χ1n) is 6.99. The Morgan fingerprint density at radius 1 is 1.07 bits per heavy atom. The van der Waals surface area contributed by atoms with Crippen LogP contribution in [0.15, 0.2) is 0 Å². The Morgan fingerprint density at radius 2 is 1.80 bits per heavy atom. The molecule has 0 N–H and O–H groups in total. The van der Waals surface area contributed by atoms with E-state index in [-0.39, 0.29) is 0 Å². The van der Waals surface area contributed by atoms with Gasteiger partial charge in [0.05, 0.1) is 5.60 Å². The van der Waals surface area contributed by atoms with Gasteiger partial charge < -0.3 is 4.74 Å². The van der Waals surface area contributed by atoms with Crippen LogP contribution in [0.5, 0.6) is 0 Å². The van der Waals surface area contributed by atoms with Gasteiger partial charge in [0.15, 0.2) is 0 Å². The van der Waals surface area contributed by atoms with Crippen LogP contribution in [0.4, 0.5) is 0 Å². The second kappa shape index (κ2) is 5.34. The average molecular weight is 210 g/mol. The minimum Gasteiger partial charge on any atom is -0.375 e. The van der Waals surface area contributed by atoms with Crippen molar-refractivity contribution in [2.75, 3.05) is 6.61 Å². The minimum absolute atomic E-state index is 0.357. The summed E-state index contributed by atoms with van der Waals surface area (Å²) < 4.78 is 6.16. The zero-order valence-corrected chi connectivity index (χ0v) is 10.3. The van der Waals surface area contributed by atoms with Gasteiger partial charge in [-0.25, -0.2) is 0 Å². The number of fused-ring (bicyclic) bond motifs is 2. The maximum atomic E-state index is 6.16. The van der Waals surface area contributed by atoms with E-state index >= 15 is 0 Å². The van der Waals surface area contributed by atoms with Gasteiger partial charge in [0.25, 0.3) is 0 Å². The van der Waals surface area contributed by atoms with Crippen LogP contribution in [0.1, 0.15) is 71.1 Å². The Bertz CT molecular complexity index is 180. The van der Waals surface area contributed by atoms with Crippen molar-refractivity contribution in [2.45, 2.75) is 76.7 Å². The average Bonchev–Trinajstić information content (AvgIpc) is 2.83. The Morgan fingerprint density at radius 3 is 2.40 bits per heavy atom. The van der Waals surface area contributed by atoms with Crippen LogP contribution < -0.4 is 0 Å². The fourth-order valence-corrected chi connectivity index (χ4v) is 3.34. The molecule has 1 nitrogen and oxygen atoms in total. The topological polar surface area (TPSA) is 9.23 Å². The van der Waals surface area contributed by atoms with Crippen LogP contribution in [0.25, 0.3) is 0 Å². The predicted octanol–water partition coefficient (Wildman–Crippen LogP) is 4.31. The molecule has 0 aromatic carbocycles. The fourth-order valence-electron chi connectivity index (χ4n) is 3.34. The zero-order valence-electron chi connectivity index (χ0n) is 10.3. The van der Waals surface area contributed by atoms with Gasteiger partial charge >= 0.3 is 0 Å². The van der Waals surface area contributed by atoms with Gasteiger partial charge in [-0.05, 0) is 44.4 Å². The third-order valence-electron chi connectivity index (χ3n) is 4.33. The van der Waals surface area contributed by atoms with E-state index in [1.807, 2.05) is 0 Å². The molecule has 2 aliphatic carbocycles. The molecule has 0 saturated heterocycles. The Kier molecular flexibility index (Phi) is 4.07. The third-order valence-corrected chi connectivity index (χ3v) is 4.33. The van der Waals surface area contributed by atoms with E-state index in [1.165, 1.54) is 64.2 Å². The molecule has 88 valence electrons. The van der Waals surface area contributed by atoms with Crippen molar-refractivity contribution in [1.29, 1.82) is 0 Å². The first kappa shape index (κ1) is 11.4. The summed E-state index contributed by atoms with van der Waals surface area (Å²) in [6.45, 7) is 3.29. The Hall–Kier alpha value is -0.0400. The van der Waals surface area contributed by atoms with Gasteiger partial charge in [0, 0.05) is 6.61 Å². The van der Waals surface area contributed by atoms with Gasteiger partial charge in [-0.2, -0.15) is 0 Å². The predicted molar refractivity (Wildman–Crippen MR) is 64.0 cm³/mol. The maximum Gasteiger partial charge on any atom is 0.0685 e. The van der Waals surface area contributed by atoms with E-state index in [4.69, 9.17) is 4.74 Å². The highest BCUT2D eigenvalue weighted by atomic mass is 16.5. The highest BCUT2D eigenvalue weighted by Gasteiger charge is 2.45. The molecule has 0 spiro atoms. The lowest BCUT2D eigenvalue weighted by Crippen LogP contribution is -2.27. The number of hydrogen-bond donors (Lipinski definition) is 0. The Balaban J connectivity index is 1.54. The van der Waals surface area contributed by atoms with Crippen molar-refractivity contribution in [3.05, 3.63) is 0 Å². The van der Waals surface area contributed by atoms with Crippen LogP contribution in [0.3, 0.4) is 0 Å². The van der Waals surface area contributed by atoms with E-state index < -0.39 is 0 Å². The second-order valence-corrected chi connectivity index (χ2v) is 5.59. The summed E-state index contributed by atoms with van der Waals surface area (Å²) in [5, 5.41) is 0. The molecule has 0 atom stereocenters. The number of ether oxygens (including phenoxy) is 1. The van der Waals surface area contributed by atoms with Crippen molar-refractivity contribution in [2.24, 2.45) is 5.92 Å². The van der Waals surface area contributed by atoms with Crippen LogP contribution in [0, 0.1) is 5.92 Å². The maximum absolute atomic E-state index is 6.16. The molecular formula is C14H26O. The summed E-state index contributed by atoms with van der Waals surface area (Å²) in [5.41, 5.74) is 0.357. The molecule has 0 amide bonds. The van der Waals surface area contributed by atoms with E-state index in [9.17, 15) is 0 Å². The van der Waals surface area contributed by atoms with Crippen molar-refractivity contribution in [1.82, 2.24) is 0 Å². The van der Waals surface area contributed by atoms with Gasteiger partial charge in [-0.15, -0.1) is 0 Å².